The number of benzene rings is 3. The summed E-state index contributed by atoms with van der Waals surface area (Å²) >= 11 is 1.31. The highest BCUT2D eigenvalue weighted by molar-refractivity contribution is 7.13. The van der Waals surface area contributed by atoms with Crippen LogP contribution in [0.5, 0.6) is 17.2 Å². The Balaban J connectivity index is 1.23. The van der Waals surface area contributed by atoms with Gasteiger partial charge in [0.15, 0.2) is 11.2 Å². The summed E-state index contributed by atoms with van der Waals surface area (Å²) in [5.74, 6) is 1.58. The first kappa shape index (κ1) is 25.3. The predicted octanol–water partition coefficient (Wildman–Crippen LogP) is 5.51. The molecule has 1 aliphatic rings. The normalized spacial score (nSPS) is 14.8. The summed E-state index contributed by atoms with van der Waals surface area (Å²) in [5.41, 5.74) is 1.87. The molecule has 1 aliphatic heterocycles. The number of hydrogen-bond donors (Lipinski definition) is 1. The number of nitrogens with one attached hydrogen (secondary N) is 1. The summed E-state index contributed by atoms with van der Waals surface area (Å²) in [4.78, 5) is 31.1. The molecule has 0 radical (unpaired) electrons. The van der Waals surface area contributed by atoms with E-state index in [1.54, 1.807) is 66.0 Å². The molecule has 1 N–H and O–H groups in total. The largest absolute Gasteiger partial charge is 0.480 e. The van der Waals surface area contributed by atoms with Crippen molar-refractivity contribution in [3.8, 4) is 40.2 Å². The van der Waals surface area contributed by atoms with Gasteiger partial charge in [-0.25, -0.2) is 4.98 Å². The van der Waals surface area contributed by atoms with Gasteiger partial charge in [-0.05, 0) is 48.5 Å². The molecule has 2 amide bonds. The Bertz CT molecular complexity index is 1640. The van der Waals surface area contributed by atoms with E-state index < -0.39 is 6.10 Å². The Morgan fingerprint density at radius 1 is 0.975 bits per heavy atom. The van der Waals surface area contributed by atoms with Gasteiger partial charge in [0.1, 0.15) is 17.2 Å². The molecule has 11 heteroatoms. The molecule has 40 heavy (non-hydrogen) atoms. The molecule has 0 saturated carbocycles. The summed E-state index contributed by atoms with van der Waals surface area (Å²) in [6, 6.07) is 21.5. The van der Waals surface area contributed by atoms with E-state index in [0.29, 0.717) is 52.7 Å². The number of likely N-dealkylation sites (tertiary alicyclic amines) is 1. The van der Waals surface area contributed by atoms with E-state index in [9.17, 15) is 9.59 Å². The second-order valence-electron chi connectivity index (χ2n) is 9.04. The molecule has 6 rings (SSSR count). The standard InChI is InChI=1S/C29H23N5O5S/c1-34-13-11-24(28(34)36)38-23-16-20(25(35)31-29-30-12-14-40-29)15-22(17-23)37-21-9-7-19(8-10-21)27-33-32-26(39-27)18-5-3-2-4-6-18/h2-10,12,14-17,24H,11,13H2,1H3,(H,30,31,35). The van der Waals surface area contributed by atoms with E-state index in [-0.39, 0.29) is 11.8 Å². The van der Waals surface area contributed by atoms with E-state index in [2.05, 4.69) is 20.5 Å². The highest BCUT2D eigenvalue weighted by Gasteiger charge is 2.31. The van der Waals surface area contributed by atoms with E-state index in [1.165, 1.54) is 11.3 Å². The van der Waals surface area contributed by atoms with Gasteiger partial charge in [0, 0.05) is 54.3 Å². The minimum Gasteiger partial charge on any atom is -0.480 e. The number of hydrogen-bond acceptors (Lipinski definition) is 9. The first-order valence-electron chi connectivity index (χ1n) is 12.5. The van der Waals surface area contributed by atoms with Crippen molar-refractivity contribution in [2.24, 2.45) is 0 Å². The topological polar surface area (TPSA) is 120 Å². The van der Waals surface area contributed by atoms with Crippen LogP contribution < -0.4 is 14.8 Å². The summed E-state index contributed by atoms with van der Waals surface area (Å²) in [6.45, 7) is 0.607. The molecule has 10 nitrogen and oxygen atoms in total. The Hall–Kier alpha value is -5.03. The molecule has 1 atom stereocenters. The lowest BCUT2D eigenvalue weighted by Gasteiger charge is -2.15. The molecule has 5 aromatic rings. The van der Waals surface area contributed by atoms with Crippen LogP contribution in [0.4, 0.5) is 5.13 Å². The van der Waals surface area contributed by atoms with Crippen molar-refractivity contribution in [1.29, 1.82) is 0 Å². The van der Waals surface area contributed by atoms with Gasteiger partial charge >= 0.3 is 0 Å². The number of likely N-dealkylation sites (N-methyl/N-ethyl adjacent to an activating group) is 1. The smallest absolute Gasteiger partial charge is 0.263 e. The van der Waals surface area contributed by atoms with Crippen molar-refractivity contribution in [1.82, 2.24) is 20.1 Å². The van der Waals surface area contributed by atoms with Crippen LogP contribution >= 0.6 is 11.3 Å². The summed E-state index contributed by atoms with van der Waals surface area (Å²) in [7, 11) is 1.73. The van der Waals surface area contributed by atoms with Gasteiger partial charge in [-0.1, -0.05) is 18.2 Å². The molecule has 1 fully saturated rings. The maximum Gasteiger partial charge on any atom is 0.263 e. The highest BCUT2D eigenvalue weighted by Crippen LogP contribution is 2.31. The maximum atomic E-state index is 13.0. The third-order valence-corrected chi connectivity index (χ3v) is 6.92. The van der Waals surface area contributed by atoms with Gasteiger partial charge in [0.25, 0.3) is 11.8 Å². The quantitative estimate of drug-likeness (QED) is 0.267. The van der Waals surface area contributed by atoms with Crippen LogP contribution in [0.1, 0.15) is 16.8 Å². The average Bonchev–Trinajstić information content (AvgIpc) is 3.74. The molecule has 2 aromatic heterocycles. The molecule has 3 aromatic carbocycles. The monoisotopic (exact) mass is 553 g/mol. The van der Waals surface area contributed by atoms with Crippen molar-refractivity contribution in [2.45, 2.75) is 12.5 Å². The zero-order valence-corrected chi connectivity index (χ0v) is 22.1. The van der Waals surface area contributed by atoms with Gasteiger partial charge in [-0.2, -0.15) is 0 Å². The minimum absolute atomic E-state index is 0.104. The van der Waals surface area contributed by atoms with Crippen LogP contribution in [0, 0.1) is 0 Å². The third-order valence-electron chi connectivity index (χ3n) is 6.23. The van der Waals surface area contributed by atoms with Crippen molar-refractivity contribution >= 4 is 28.3 Å². The highest BCUT2D eigenvalue weighted by atomic mass is 32.1. The van der Waals surface area contributed by atoms with Crippen LogP contribution in [0.25, 0.3) is 22.9 Å². The van der Waals surface area contributed by atoms with Crippen molar-refractivity contribution in [2.75, 3.05) is 18.9 Å². The van der Waals surface area contributed by atoms with Crippen LogP contribution in [0.15, 0.2) is 88.8 Å². The molecular weight excluding hydrogens is 530 g/mol. The Morgan fingerprint density at radius 3 is 2.38 bits per heavy atom. The van der Waals surface area contributed by atoms with Gasteiger partial charge in [-0.15, -0.1) is 21.5 Å². The van der Waals surface area contributed by atoms with Crippen molar-refractivity contribution in [3.05, 3.63) is 89.9 Å². The molecule has 200 valence electrons. The van der Waals surface area contributed by atoms with Gasteiger partial charge < -0.3 is 18.8 Å². The van der Waals surface area contributed by atoms with E-state index >= 15 is 0 Å². The molecule has 1 unspecified atom stereocenters. The number of ether oxygens (including phenoxy) is 2. The van der Waals surface area contributed by atoms with Gasteiger partial charge in [-0.3, -0.25) is 14.9 Å². The first-order chi connectivity index (χ1) is 19.5. The number of thiazole rings is 1. The maximum absolute atomic E-state index is 13.0. The second kappa shape index (κ2) is 11.0. The lowest BCUT2D eigenvalue weighted by atomic mass is 10.1. The lowest BCUT2D eigenvalue weighted by molar-refractivity contribution is -0.132. The second-order valence-corrected chi connectivity index (χ2v) is 9.94. The summed E-state index contributed by atoms with van der Waals surface area (Å²) in [6.07, 6.45) is 1.55. The minimum atomic E-state index is -0.621. The molecule has 1 saturated heterocycles. The number of carbonyl (C=O) groups is 2. The number of carbonyl (C=O) groups excluding carboxylic acids is 2. The Morgan fingerprint density at radius 2 is 1.70 bits per heavy atom. The number of rotatable bonds is 8. The first-order valence-corrected chi connectivity index (χ1v) is 13.3. The molecule has 0 bridgehead atoms. The molecular formula is C29H23N5O5S. The molecule has 0 aliphatic carbocycles. The van der Waals surface area contributed by atoms with Gasteiger partial charge in [0.05, 0.1) is 0 Å². The lowest BCUT2D eigenvalue weighted by Crippen LogP contribution is -2.29. The number of anilines is 1. The summed E-state index contributed by atoms with van der Waals surface area (Å²) in [5, 5.41) is 13.3. The van der Waals surface area contributed by atoms with Crippen LogP contribution in [-0.2, 0) is 4.79 Å². The van der Waals surface area contributed by atoms with Gasteiger partial charge in [0.2, 0.25) is 11.8 Å². The predicted molar refractivity (Wildman–Crippen MR) is 148 cm³/mol. The summed E-state index contributed by atoms with van der Waals surface area (Å²) < 4.78 is 17.9. The zero-order valence-electron chi connectivity index (χ0n) is 21.3. The molecule has 0 spiro atoms. The van der Waals surface area contributed by atoms with Crippen LogP contribution in [-0.4, -0.2) is 51.6 Å². The SMILES string of the molecule is CN1CCC(Oc2cc(Oc3ccc(-c4nnc(-c5ccccc5)o4)cc3)cc(C(=O)Nc3nccs3)c2)C1=O. The number of nitrogens with zero attached hydrogens (tertiary/aromatic N) is 4. The average molecular weight is 554 g/mol. The number of aromatic nitrogens is 3. The van der Waals surface area contributed by atoms with E-state index in [4.69, 9.17) is 13.9 Å². The van der Waals surface area contributed by atoms with Crippen molar-refractivity contribution < 1.29 is 23.5 Å². The fourth-order valence-electron chi connectivity index (χ4n) is 4.19. The Labute approximate surface area is 233 Å². The van der Waals surface area contributed by atoms with E-state index in [1.807, 2.05) is 30.3 Å². The van der Waals surface area contributed by atoms with E-state index in [0.717, 1.165) is 11.1 Å². The Kier molecular flexibility index (Phi) is 6.94. The number of amides is 2. The van der Waals surface area contributed by atoms with Crippen LogP contribution in [0.3, 0.4) is 0 Å². The zero-order chi connectivity index (χ0) is 27.5. The molecule has 3 heterocycles. The fraction of sp³-hybridized carbons (Fsp3) is 0.138. The third kappa shape index (κ3) is 5.54. The fourth-order valence-corrected chi connectivity index (χ4v) is 4.71. The van der Waals surface area contributed by atoms with Crippen LogP contribution in [0.2, 0.25) is 0 Å². The van der Waals surface area contributed by atoms with Crippen molar-refractivity contribution in [3.63, 3.8) is 0 Å².